The number of fused-ring (bicyclic) bond motifs is 1. The van der Waals surface area contributed by atoms with Crippen LogP contribution in [0.2, 0.25) is 0 Å². The smallest absolute Gasteiger partial charge is 0.251 e. The number of hydrogen-bond acceptors (Lipinski definition) is 3. The summed E-state index contributed by atoms with van der Waals surface area (Å²) in [5.41, 5.74) is 3.28. The molecule has 0 bridgehead atoms. The van der Waals surface area contributed by atoms with Crippen LogP contribution < -0.4 is 5.32 Å². The minimum Gasteiger partial charge on any atom is -0.347 e. The molecule has 1 aliphatic heterocycles. The molecule has 1 aromatic heterocycles. The first-order chi connectivity index (χ1) is 12.1. The second-order valence-electron chi connectivity index (χ2n) is 6.48. The monoisotopic (exact) mass is 338 g/mol. The van der Waals surface area contributed by atoms with Crippen LogP contribution >= 0.6 is 0 Å². The van der Waals surface area contributed by atoms with Crippen molar-refractivity contribution in [3.63, 3.8) is 0 Å². The number of amides is 1. The average molecular weight is 338 g/mol. The van der Waals surface area contributed by atoms with Crippen LogP contribution in [0.5, 0.6) is 0 Å². The van der Waals surface area contributed by atoms with Crippen molar-refractivity contribution in [2.75, 3.05) is 13.6 Å². The lowest BCUT2D eigenvalue weighted by molar-refractivity contribution is 0.0928. The highest BCUT2D eigenvalue weighted by Crippen LogP contribution is 2.31. The van der Waals surface area contributed by atoms with Gasteiger partial charge in [0, 0.05) is 12.1 Å². The number of likely N-dealkylation sites (tertiary alicyclic amines) is 1. The number of aromatic nitrogens is 2. The highest BCUT2D eigenvalue weighted by atomic mass is 19.1. The van der Waals surface area contributed by atoms with Gasteiger partial charge < -0.3 is 10.3 Å². The SMILES string of the molecule is CN1CC[C@@H](NC(=O)c2ccc3nc[nH]c3c2)[C@H]1c1ccc(F)cc1. The second kappa shape index (κ2) is 6.29. The lowest BCUT2D eigenvalue weighted by Gasteiger charge is -2.26. The Bertz CT molecular complexity index is 905. The van der Waals surface area contributed by atoms with Crippen molar-refractivity contribution in [2.24, 2.45) is 0 Å². The summed E-state index contributed by atoms with van der Waals surface area (Å²) < 4.78 is 13.2. The van der Waals surface area contributed by atoms with E-state index in [4.69, 9.17) is 0 Å². The molecule has 0 spiro atoms. The molecule has 2 aromatic carbocycles. The highest BCUT2D eigenvalue weighted by Gasteiger charge is 2.34. The normalized spacial score (nSPS) is 20.9. The molecule has 1 saturated heterocycles. The number of aromatic amines is 1. The fourth-order valence-corrected chi connectivity index (χ4v) is 3.57. The number of benzene rings is 2. The fraction of sp³-hybridized carbons (Fsp3) is 0.263. The average Bonchev–Trinajstić information content (AvgIpc) is 3.22. The van der Waals surface area contributed by atoms with E-state index in [1.54, 1.807) is 24.5 Å². The predicted octanol–water partition coefficient (Wildman–Crippen LogP) is 2.88. The van der Waals surface area contributed by atoms with Crippen molar-refractivity contribution < 1.29 is 9.18 Å². The van der Waals surface area contributed by atoms with E-state index in [1.165, 1.54) is 12.1 Å². The standard InChI is InChI=1S/C19H19FN4O/c1-24-9-8-16(18(24)12-2-5-14(20)6-3-12)23-19(25)13-4-7-15-17(10-13)22-11-21-15/h2-7,10-11,16,18H,8-9H2,1H3,(H,21,22)(H,23,25)/t16-,18-/m1/s1. The van der Waals surface area contributed by atoms with Crippen molar-refractivity contribution in [1.29, 1.82) is 0 Å². The van der Waals surface area contributed by atoms with E-state index < -0.39 is 0 Å². The van der Waals surface area contributed by atoms with Crippen LogP contribution in [0.25, 0.3) is 11.0 Å². The van der Waals surface area contributed by atoms with E-state index in [1.807, 2.05) is 19.2 Å². The quantitative estimate of drug-likeness (QED) is 0.772. The van der Waals surface area contributed by atoms with E-state index in [0.29, 0.717) is 5.56 Å². The number of carbonyl (C=O) groups is 1. The molecule has 6 heteroatoms. The lowest BCUT2D eigenvalue weighted by atomic mass is 9.99. The Labute approximate surface area is 144 Å². The van der Waals surface area contributed by atoms with Gasteiger partial charge in [-0.2, -0.15) is 0 Å². The third-order valence-electron chi connectivity index (χ3n) is 4.86. The molecule has 2 atom stereocenters. The molecule has 0 aliphatic carbocycles. The number of H-pyrrole nitrogens is 1. The molecule has 0 saturated carbocycles. The lowest BCUT2D eigenvalue weighted by Crippen LogP contribution is -2.39. The first-order valence-corrected chi connectivity index (χ1v) is 8.31. The number of carbonyl (C=O) groups excluding carboxylic acids is 1. The molecule has 1 amide bonds. The summed E-state index contributed by atoms with van der Waals surface area (Å²) in [5, 5.41) is 3.14. The van der Waals surface area contributed by atoms with Crippen LogP contribution in [-0.2, 0) is 0 Å². The van der Waals surface area contributed by atoms with Gasteiger partial charge in [0.05, 0.1) is 29.4 Å². The molecule has 3 aromatic rings. The van der Waals surface area contributed by atoms with Crippen molar-refractivity contribution in [3.8, 4) is 0 Å². The zero-order valence-electron chi connectivity index (χ0n) is 13.9. The molecule has 128 valence electrons. The Hall–Kier alpha value is -2.73. The number of nitrogens with zero attached hydrogens (tertiary/aromatic N) is 2. The number of nitrogens with one attached hydrogen (secondary N) is 2. The summed E-state index contributed by atoms with van der Waals surface area (Å²) in [5.74, 6) is -0.359. The van der Waals surface area contributed by atoms with E-state index in [9.17, 15) is 9.18 Å². The summed E-state index contributed by atoms with van der Waals surface area (Å²) >= 11 is 0. The van der Waals surface area contributed by atoms with Crippen LogP contribution in [0.4, 0.5) is 4.39 Å². The molecule has 5 nitrogen and oxygen atoms in total. The predicted molar refractivity (Wildman–Crippen MR) is 93.7 cm³/mol. The summed E-state index contributed by atoms with van der Waals surface area (Å²) in [6.07, 6.45) is 2.47. The Morgan fingerprint density at radius 3 is 2.88 bits per heavy atom. The van der Waals surface area contributed by atoms with Crippen molar-refractivity contribution in [2.45, 2.75) is 18.5 Å². The largest absolute Gasteiger partial charge is 0.347 e. The minimum absolute atomic E-state index is 0.0135. The van der Waals surface area contributed by atoms with Crippen LogP contribution in [0, 0.1) is 5.82 Å². The Morgan fingerprint density at radius 2 is 2.08 bits per heavy atom. The first kappa shape index (κ1) is 15.8. The van der Waals surface area contributed by atoms with Gasteiger partial charge in [-0.1, -0.05) is 12.1 Å². The molecule has 25 heavy (non-hydrogen) atoms. The van der Waals surface area contributed by atoms with E-state index in [2.05, 4.69) is 20.2 Å². The summed E-state index contributed by atoms with van der Waals surface area (Å²) in [4.78, 5) is 22.1. The topological polar surface area (TPSA) is 61.0 Å². The van der Waals surface area contributed by atoms with E-state index in [-0.39, 0.29) is 23.8 Å². The summed E-state index contributed by atoms with van der Waals surface area (Å²) in [6, 6.07) is 12.0. The highest BCUT2D eigenvalue weighted by molar-refractivity contribution is 5.97. The van der Waals surface area contributed by atoms with Crippen LogP contribution in [0.15, 0.2) is 48.8 Å². The van der Waals surface area contributed by atoms with Crippen molar-refractivity contribution >= 4 is 16.9 Å². The number of imidazole rings is 1. The van der Waals surface area contributed by atoms with Gasteiger partial charge >= 0.3 is 0 Å². The maximum Gasteiger partial charge on any atom is 0.251 e. The van der Waals surface area contributed by atoms with Crippen LogP contribution in [-0.4, -0.2) is 40.4 Å². The molecular formula is C19H19FN4O. The van der Waals surface area contributed by atoms with Gasteiger partial charge in [0.1, 0.15) is 5.82 Å². The molecule has 2 heterocycles. The number of likely N-dealkylation sites (N-methyl/N-ethyl adjacent to an activating group) is 1. The minimum atomic E-state index is -0.252. The van der Waals surface area contributed by atoms with Crippen molar-refractivity contribution in [1.82, 2.24) is 20.2 Å². The fourth-order valence-electron chi connectivity index (χ4n) is 3.57. The number of rotatable bonds is 3. The van der Waals surface area contributed by atoms with Crippen LogP contribution in [0.1, 0.15) is 28.4 Å². The Balaban J connectivity index is 1.55. The molecule has 4 rings (SSSR count). The van der Waals surface area contributed by atoms with E-state index >= 15 is 0 Å². The number of hydrogen-bond donors (Lipinski definition) is 2. The Kier molecular flexibility index (Phi) is 3.97. The van der Waals surface area contributed by atoms with Gasteiger partial charge in [-0.25, -0.2) is 9.37 Å². The summed E-state index contributed by atoms with van der Waals surface area (Å²) in [7, 11) is 2.02. The molecule has 2 N–H and O–H groups in total. The van der Waals surface area contributed by atoms with Crippen LogP contribution in [0.3, 0.4) is 0 Å². The third kappa shape index (κ3) is 3.00. The molecule has 1 fully saturated rings. The third-order valence-corrected chi connectivity index (χ3v) is 4.86. The van der Waals surface area contributed by atoms with Gasteiger partial charge in [0.25, 0.3) is 5.91 Å². The zero-order chi connectivity index (χ0) is 17.4. The first-order valence-electron chi connectivity index (χ1n) is 8.31. The second-order valence-corrected chi connectivity index (χ2v) is 6.48. The zero-order valence-corrected chi connectivity index (χ0v) is 13.9. The maximum absolute atomic E-state index is 13.2. The molecular weight excluding hydrogens is 319 g/mol. The van der Waals surface area contributed by atoms with Gasteiger partial charge in [0.15, 0.2) is 0 Å². The van der Waals surface area contributed by atoms with Gasteiger partial charge in [-0.3, -0.25) is 9.69 Å². The van der Waals surface area contributed by atoms with Gasteiger partial charge in [-0.15, -0.1) is 0 Å². The van der Waals surface area contributed by atoms with E-state index in [0.717, 1.165) is 29.6 Å². The maximum atomic E-state index is 13.2. The Morgan fingerprint density at radius 1 is 1.28 bits per heavy atom. The van der Waals surface area contributed by atoms with Crippen molar-refractivity contribution in [3.05, 3.63) is 65.7 Å². The van der Waals surface area contributed by atoms with Gasteiger partial charge in [-0.05, 0) is 49.4 Å². The number of halogens is 1. The van der Waals surface area contributed by atoms with Gasteiger partial charge in [0.2, 0.25) is 0 Å². The molecule has 1 aliphatic rings. The molecule has 0 radical (unpaired) electrons. The molecule has 0 unspecified atom stereocenters. The summed E-state index contributed by atoms with van der Waals surface area (Å²) in [6.45, 7) is 0.882.